The van der Waals surface area contributed by atoms with Gasteiger partial charge >= 0.3 is 0 Å². The van der Waals surface area contributed by atoms with Crippen LogP contribution in [0.1, 0.15) is 30.1 Å². The molecule has 0 amide bonds. The summed E-state index contributed by atoms with van der Waals surface area (Å²) in [6.07, 6.45) is 2.92. The number of aliphatic hydroxyl groups is 2. The first-order valence-corrected chi connectivity index (χ1v) is 6.38. The molecule has 0 aliphatic carbocycles. The van der Waals surface area contributed by atoms with Gasteiger partial charge in [0.2, 0.25) is 0 Å². The Labute approximate surface area is 102 Å². The molecule has 3 heteroatoms. The summed E-state index contributed by atoms with van der Waals surface area (Å²) < 4.78 is 0. The third-order valence-corrected chi connectivity index (χ3v) is 3.46. The normalized spacial score (nSPS) is 22.4. The predicted octanol–water partition coefficient (Wildman–Crippen LogP) is 1.25. The second-order valence-corrected chi connectivity index (χ2v) is 4.86. The molecule has 1 aliphatic rings. The molecule has 1 aromatic carbocycles. The smallest absolute Gasteiger partial charge is 0.102 e. The summed E-state index contributed by atoms with van der Waals surface area (Å²) in [5.74, 6) is 0.734. The van der Waals surface area contributed by atoms with Crippen molar-refractivity contribution in [3.63, 3.8) is 0 Å². The Morgan fingerprint density at radius 1 is 1.29 bits per heavy atom. The quantitative estimate of drug-likeness (QED) is 0.736. The lowest BCUT2D eigenvalue weighted by molar-refractivity contribution is 0.0956. The van der Waals surface area contributed by atoms with Crippen molar-refractivity contribution in [3.8, 4) is 0 Å². The minimum atomic E-state index is -0.750. The largest absolute Gasteiger partial charge is 0.393 e. The molecular weight excluding hydrogens is 214 g/mol. The summed E-state index contributed by atoms with van der Waals surface area (Å²) in [6, 6.07) is 7.94. The molecule has 3 nitrogen and oxygen atoms in total. The summed E-state index contributed by atoms with van der Waals surface area (Å²) in [4.78, 5) is 0. The number of piperidine rings is 1. The van der Waals surface area contributed by atoms with Crippen LogP contribution in [0.15, 0.2) is 24.3 Å². The van der Waals surface area contributed by atoms with Gasteiger partial charge in [-0.05, 0) is 49.4 Å². The topological polar surface area (TPSA) is 52.5 Å². The third kappa shape index (κ3) is 3.53. The zero-order valence-corrected chi connectivity index (χ0v) is 10.1. The van der Waals surface area contributed by atoms with E-state index in [9.17, 15) is 5.11 Å². The summed E-state index contributed by atoms with van der Waals surface area (Å²) in [5, 5.41) is 21.8. The van der Waals surface area contributed by atoms with E-state index in [1.807, 2.05) is 12.1 Å². The van der Waals surface area contributed by atoms with Crippen LogP contribution in [0.2, 0.25) is 0 Å². The highest BCUT2D eigenvalue weighted by Gasteiger charge is 2.13. The maximum Gasteiger partial charge on any atom is 0.102 e. The first-order chi connectivity index (χ1) is 8.29. The highest BCUT2D eigenvalue weighted by atomic mass is 16.3. The van der Waals surface area contributed by atoms with E-state index in [0.717, 1.165) is 31.0 Å². The summed E-state index contributed by atoms with van der Waals surface area (Å²) >= 11 is 0. The van der Waals surface area contributed by atoms with Crippen LogP contribution < -0.4 is 5.32 Å². The first-order valence-electron chi connectivity index (χ1n) is 6.38. The fourth-order valence-corrected chi connectivity index (χ4v) is 2.41. The molecule has 94 valence electrons. The summed E-state index contributed by atoms with van der Waals surface area (Å²) in [5.41, 5.74) is 2.10. The average Bonchev–Trinajstić information content (AvgIpc) is 2.40. The van der Waals surface area contributed by atoms with E-state index < -0.39 is 6.10 Å². The molecule has 1 aliphatic heterocycles. The molecule has 17 heavy (non-hydrogen) atoms. The number of nitrogens with one attached hydrogen (secondary N) is 1. The van der Waals surface area contributed by atoms with Crippen molar-refractivity contribution in [2.24, 2.45) is 5.92 Å². The minimum absolute atomic E-state index is 0.216. The molecule has 0 aromatic heterocycles. The summed E-state index contributed by atoms with van der Waals surface area (Å²) in [7, 11) is 0. The van der Waals surface area contributed by atoms with Crippen molar-refractivity contribution < 1.29 is 10.2 Å². The molecule has 0 saturated carbocycles. The van der Waals surface area contributed by atoms with Crippen LogP contribution in [0.5, 0.6) is 0 Å². The van der Waals surface area contributed by atoms with Crippen LogP contribution in [0.25, 0.3) is 0 Å². The lowest BCUT2D eigenvalue weighted by Crippen LogP contribution is -2.30. The van der Waals surface area contributed by atoms with Crippen molar-refractivity contribution in [2.45, 2.75) is 25.4 Å². The van der Waals surface area contributed by atoms with Gasteiger partial charge in [0, 0.05) is 0 Å². The Morgan fingerprint density at radius 2 is 2.06 bits per heavy atom. The highest BCUT2D eigenvalue weighted by Crippen LogP contribution is 2.18. The lowest BCUT2D eigenvalue weighted by Gasteiger charge is -2.22. The Kier molecular flexibility index (Phi) is 4.54. The number of benzene rings is 1. The van der Waals surface area contributed by atoms with Gasteiger partial charge in [0.05, 0.1) is 6.61 Å². The Hall–Kier alpha value is -0.900. The van der Waals surface area contributed by atoms with E-state index in [1.54, 1.807) is 0 Å². The molecular formula is C14H21NO2. The van der Waals surface area contributed by atoms with Crippen molar-refractivity contribution >= 4 is 0 Å². The van der Waals surface area contributed by atoms with Gasteiger partial charge in [-0.3, -0.25) is 0 Å². The molecule has 2 unspecified atom stereocenters. The third-order valence-electron chi connectivity index (χ3n) is 3.46. The Balaban J connectivity index is 1.93. The Bertz CT molecular complexity index is 331. The van der Waals surface area contributed by atoms with Gasteiger partial charge in [-0.1, -0.05) is 24.3 Å². The van der Waals surface area contributed by atoms with E-state index in [-0.39, 0.29) is 6.61 Å². The molecule has 0 spiro atoms. The number of rotatable bonds is 4. The van der Waals surface area contributed by atoms with E-state index in [4.69, 9.17) is 5.11 Å². The van der Waals surface area contributed by atoms with Crippen molar-refractivity contribution in [1.82, 2.24) is 5.32 Å². The molecule has 3 N–H and O–H groups in total. The van der Waals surface area contributed by atoms with Crippen molar-refractivity contribution in [1.29, 1.82) is 0 Å². The number of aliphatic hydroxyl groups excluding tert-OH is 2. The van der Waals surface area contributed by atoms with Gasteiger partial charge in [0.25, 0.3) is 0 Å². The fraction of sp³-hybridized carbons (Fsp3) is 0.571. The number of hydrogen-bond donors (Lipinski definition) is 3. The molecule has 1 saturated heterocycles. The molecule has 0 bridgehead atoms. The molecule has 1 fully saturated rings. The molecule has 0 radical (unpaired) electrons. The van der Waals surface area contributed by atoms with E-state index in [1.165, 1.54) is 18.4 Å². The van der Waals surface area contributed by atoms with Gasteiger partial charge in [-0.2, -0.15) is 0 Å². The van der Waals surface area contributed by atoms with Gasteiger partial charge in [-0.25, -0.2) is 0 Å². The van der Waals surface area contributed by atoms with Crippen LogP contribution in [0.4, 0.5) is 0 Å². The second kappa shape index (κ2) is 6.15. The second-order valence-electron chi connectivity index (χ2n) is 4.86. The van der Waals surface area contributed by atoms with Gasteiger partial charge in [0.15, 0.2) is 0 Å². The molecule has 1 heterocycles. The maximum atomic E-state index is 9.48. The van der Waals surface area contributed by atoms with E-state index in [0.29, 0.717) is 0 Å². The van der Waals surface area contributed by atoms with Crippen molar-refractivity contribution in [2.75, 3.05) is 19.7 Å². The van der Waals surface area contributed by atoms with Gasteiger partial charge < -0.3 is 15.5 Å². The van der Waals surface area contributed by atoms with Gasteiger partial charge in [0.1, 0.15) is 6.10 Å². The zero-order valence-electron chi connectivity index (χ0n) is 10.1. The molecule has 2 atom stereocenters. The van der Waals surface area contributed by atoms with Crippen LogP contribution >= 0.6 is 0 Å². The predicted molar refractivity (Wildman–Crippen MR) is 67.8 cm³/mol. The van der Waals surface area contributed by atoms with Crippen LogP contribution in [0.3, 0.4) is 0 Å². The average molecular weight is 235 g/mol. The first kappa shape index (κ1) is 12.6. The maximum absolute atomic E-state index is 9.48. The van der Waals surface area contributed by atoms with Crippen LogP contribution in [0, 0.1) is 5.92 Å². The van der Waals surface area contributed by atoms with E-state index in [2.05, 4.69) is 17.4 Å². The standard InChI is InChI=1S/C14H21NO2/c16-10-14(17)13-5-3-11(4-6-13)8-12-2-1-7-15-9-12/h3-6,12,14-17H,1-2,7-10H2. The monoisotopic (exact) mass is 235 g/mol. The van der Waals surface area contributed by atoms with Crippen LogP contribution in [-0.4, -0.2) is 29.9 Å². The molecule has 2 rings (SSSR count). The van der Waals surface area contributed by atoms with E-state index >= 15 is 0 Å². The molecule has 1 aromatic rings. The zero-order chi connectivity index (χ0) is 12.1. The van der Waals surface area contributed by atoms with Gasteiger partial charge in [-0.15, -0.1) is 0 Å². The SMILES string of the molecule is OCC(O)c1ccc(CC2CCCNC2)cc1. The van der Waals surface area contributed by atoms with Crippen molar-refractivity contribution in [3.05, 3.63) is 35.4 Å². The number of hydrogen-bond acceptors (Lipinski definition) is 3. The summed E-state index contributed by atoms with van der Waals surface area (Å²) in [6.45, 7) is 2.05. The Morgan fingerprint density at radius 3 is 2.65 bits per heavy atom. The highest BCUT2D eigenvalue weighted by molar-refractivity contribution is 5.24. The van der Waals surface area contributed by atoms with Crippen LogP contribution in [-0.2, 0) is 6.42 Å². The minimum Gasteiger partial charge on any atom is -0.393 e. The lowest BCUT2D eigenvalue weighted by atomic mass is 9.92. The fourth-order valence-electron chi connectivity index (χ4n) is 2.41.